The van der Waals surface area contributed by atoms with Crippen molar-refractivity contribution in [1.82, 2.24) is 0 Å². The standard InChI is InChI=1S/C4H5Cl/c1-2-3-4-5/h2-4H,1H2/b4-3+. The Morgan fingerprint density at radius 2 is 2.20 bits per heavy atom. The molecule has 0 aliphatic carbocycles. The van der Waals surface area contributed by atoms with E-state index in [1.54, 1.807) is 12.2 Å². The number of allylic oxidation sites excluding steroid dienone is 2. The molecular formula is C4H5Cl. The molecule has 0 aliphatic heterocycles. The van der Waals surface area contributed by atoms with E-state index in [1.807, 2.05) is 0 Å². The van der Waals surface area contributed by atoms with Crippen LogP contribution in [0.15, 0.2) is 24.3 Å². The zero-order valence-electron chi connectivity index (χ0n) is 2.82. The summed E-state index contributed by atoms with van der Waals surface area (Å²) in [5.74, 6) is 0. The lowest BCUT2D eigenvalue weighted by molar-refractivity contribution is 2.11. The van der Waals surface area contributed by atoms with Crippen LogP contribution in [0.5, 0.6) is 0 Å². The molecule has 0 aromatic heterocycles. The predicted molar refractivity (Wildman–Crippen MR) is 25.2 cm³/mol. The third kappa shape index (κ3) is 3.77. The van der Waals surface area contributed by atoms with Crippen LogP contribution in [0.2, 0.25) is 0 Å². The molecule has 0 rings (SSSR count). The monoisotopic (exact) mass is 88.0 g/mol. The van der Waals surface area contributed by atoms with Crippen molar-refractivity contribution in [2.75, 3.05) is 0 Å². The highest BCUT2D eigenvalue weighted by molar-refractivity contribution is 6.25. The molecule has 0 bridgehead atoms. The minimum Gasteiger partial charge on any atom is -0.0990 e. The van der Waals surface area contributed by atoms with E-state index < -0.39 is 0 Å². The summed E-state index contributed by atoms with van der Waals surface area (Å²) in [6.07, 6.45) is 3.27. The summed E-state index contributed by atoms with van der Waals surface area (Å²) in [5, 5.41) is 0. The van der Waals surface area contributed by atoms with Crippen LogP contribution in [0.25, 0.3) is 0 Å². The average molecular weight is 88.5 g/mol. The molecule has 0 aromatic carbocycles. The number of rotatable bonds is 1. The highest BCUT2D eigenvalue weighted by Gasteiger charge is 1.44. The summed E-state index contributed by atoms with van der Waals surface area (Å²) in [7, 11) is 0. The summed E-state index contributed by atoms with van der Waals surface area (Å²) in [5.41, 5.74) is 1.41. The van der Waals surface area contributed by atoms with Crippen LogP contribution < -0.4 is 0 Å². The van der Waals surface area contributed by atoms with Crippen LogP contribution >= 0.6 is 11.6 Å². The van der Waals surface area contributed by atoms with Crippen molar-refractivity contribution in [2.45, 2.75) is 0 Å². The van der Waals surface area contributed by atoms with Gasteiger partial charge in [0.1, 0.15) is 0 Å². The van der Waals surface area contributed by atoms with E-state index in [9.17, 15) is 0 Å². The Kier molecular flexibility index (Phi) is 3.60. The van der Waals surface area contributed by atoms with Gasteiger partial charge in [0.25, 0.3) is 0 Å². The molecule has 0 unspecified atom stereocenters. The van der Waals surface area contributed by atoms with Gasteiger partial charge in [-0.05, 0) is 0 Å². The van der Waals surface area contributed by atoms with E-state index in [1.165, 1.54) is 5.54 Å². The summed E-state index contributed by atoms with van der Waals surface area (Å²) in [6.45, 7) is 3.38. The van der Waals surface area contributed by atoms with Gasteiger partial charge >= 0.3 is 0 Å². The summed E-state index contributed by atoms with van der Waals surface area (Å²) < 4.78 is 0. The topological polar surface area (TPSA) is 0 Å². The highest BCUT2D eigenvalue weighted by atomic mass is 35.5. The van der Waals surface area contributed by atoms with Crippen LogP contribution in [0, 0.1) is 0 Å². The van der Waals surface area contributed by atoms with Crippen LogP contribution in [0.1, 0.15) is 0 Å². The molecule has 0 radical (unpaired) electrons. The van der Waals surface area contributed by atoms with Gasteiger partial charge < -0.3 is 0 Å². The normalized spacial score (nSPS) is 9.00. The lowest BCUT2D eigenvalue weighted by Crippen LogP contribution is -1.29. The molecule has 0 heterocycles. The van der Waals surface area contributed by atoms with Crippen molar-refractivity contribution >= 4 is 11.6 Å². The second kappa shape index (κ2) is 3.77. The Bertz CT molecular complexity index is 45.6. The van der Waals surface area contributed by atoms with E-state index in [0.717, 1.165) is 0 Å². The second-order valence-corrected chi connectivity index (χ2v) is 0.806. The number of hydrogen-bond acceptors (Lipinski definition) is 0. The molecule has 0 atom stereocenters. The van der Waals surface area contributed by atoms with E-state index in [4.69, 9.17) is 11.6 Å². The molecule has 0 nitrogen and oxygen atoms in total. The maximum absolute atomic E-state index is 5.05. The first-order valence-electron chi connectivity index (χ1n) is 1.29. The number of halogens is 1. The maximum atomic E-state index is 5.05. The molecule has 1 heteroatoms. The van der Waals surface area contributed by atoms with Crippen LogP contribution in [0.3, 0.4) is 0 Å². The third-order valence-corrected chi connectivity index (χ3v) is 0.354. The molecule has 0 aromatic rings. The zero-order valence-corrected chi connectivity index (χ0v) is 3.57. The minimum atomic E-state index is 1.41. The molecule has 0 N–H and O–H groups in total. The van der Waals surface area contributed by atoms with Crippen molar-refractivity contribution in [3.63, 3.8) is 0 Å². The first-order chi connectivity index (χ1) is 2.41. The van der Waals surface area contributed by atoms with Crippen molar-refractivity contribution in [3.8, 4) is 0 Å². The average Bonchev–Trinajstić information content (AvgIpc) is 1.41. The Hall–Kier alpha value is -0.230. The van der Waals surface area contributed by atoms with Crippen LogP contribution in [0.4, 0.5) is 0 Å². The van der Waals surface area contributed by atoms with Gasteiger partial charge in [-0.2, -0.15) is 0 Å². The number of hydrogen-bond donors (Lipinski definition) is 0. The Balaban J connectivity index is 2.92. The molecule has 28 valence electrons. The SMILES string of the molecule is C=C/C=C/Cl. The van der Waals surface area contributed by atoms with Gasteiger partial charge in [-0.25, -0.2) is 0 Å². The first kappa shape index (κ1) is 4.77. The zero-order chi connectivity index (χ0) is 4.12. The molecule has 0 saturated heterocycles. The smallest absolute Gasteiger partial charge is 0.00422 e. The molecule has 0 saturated carbocycles. The van der Waals surface area contributed by atoms with Gasteiger partial charge in [0.2, 0.25) is 0 Å². The van der Waals surface area contributed by atoms with Crippen LogP contribution in [-0.2, 0) is 0 Å². The fourth-order valence-electron chi connectivity index (χ4n) is 0.0514. The summed E-state index contributed by atoms with van der Waals surface area (Å²) in [6, 6.07) is 0. The second-order valence-electron chi connectivity index (χ2n) is 0.554. The first-order valence-corrected chi connectivity index (χ1v) is 1.73. The lowest BCUT2D eigenvalue weighted by atomic mass is 10.6. The van der Waals surface area contributed by atoms with Crippen molar-refractivity contribution in [3.05, 3.63) is 24.3 Å². The quantitative estimate of drug-likeness (QED) is 0.430. The molecule has 0 spiro atoms. The molecule has 0 amide bonds. The Morgan fingerprint density at radius 3 is 2.20 bits per heavy atom. The van der Waals surface area contributed by atoms with E-state index >= 15 is 0 Å². The van der Waals surface area contributed by atoms with Crippen LogP contribution in [-0.4, -0.2) is 0 Å². The van der Waals surface area contributed by atoms with E-state index in [0.29, 0.717) is 0 Å². The van der Waals surface area contributed by atoms with Gasteiger partial charge in [0.15, 0.2) is 0 Å². The maximum Gasteiger partial charge on any atom is 0.00422 e. The Morgan fingerprint density at radius 1 is 1.60 bits per heavy atom. The fourth-order valence-corrected chi connectivity index (χ4v) is 0.154. The molecular weight excluding hydrogens is 83.5 g/mol. The van der Waals surface area contributed by atoms with Gasteiger partial charge in [-0.15, -0.1) is 0 Å². The fraction of sp³-hybridized carbons (Fsp3) is 0. The van der Waals surface area contributed by atoms with Crippen molar-refractivity contribution in [2.24, 2.45) is 0 Å². The van der Waals surface area contributed by atoms with Gasteiger partial charge in [-0.3, -0.25) is 0 Å². The van der Waals surface area contributed by atoms with Crippen molar-refractivity contribution < 1.29 is 0 Å². The van der Waals surface area contributed by atoms with Gasteiger partial charge in [0.05, 0.1) is 0 Å². The largest absolute Gasteiger partial charge is 0.0990 e. The summed E-state index contributed by atoms with van der Waals surface area (Å²) >= 11 is 5.05. The highest BCUT2D eigenvalue weighted by Crippen LogP contribution is 1.74. The van der Waals surface area contributed by atoms with Crippen molar-refractivity contribution in [1.29, 1.82) is 0 Å². The Labute approximate surface area is 36.8 Å². The molecule has 5 heavy (non-hydrogen) atoms. The summed E-state index contributed by atoms with van der Waals surface area (Å²) in [4.78, 5) is 0. The van der Waals surface area contributed by atoms with Gasteiger partial charge in [-0.1, -0.05) is 30.3 Å². The third-order valence-electron chi connectivity index (χ3n) is 0.209. The minimum absolute atomic E-state index is 1.41. The van der Waals surface area contributed by atoms with E-state index in [-0.39, 0.29) is 0 Å². The molecule has 0 aliphatic rings. The van der Waals surface area contributed by atoms with E-state index in [2.05, 4.69) is 6.58 Å². The molecule has 0 fully saturated rings. The lowest BCUT2D eigenvalue weighted by Gasteiger charge is -1.53. The predicted octanol–water partition coefficient (Wildman–Crippen LogP) is 1.92. The van der Waals surface area contributed by atoms with Gasteiger partial charge in [0, 0.05) is 5.54 Å².